The van der Waals surface area contributed by atoms with Gasteiger partial charge in [0.05, 0.1) is 5.69 Å². The summed E-state index contributed by atoms with van der Waals surface area (Å²) < 4.78 is 0. The Hall–Kier alpha value is -1.77. The average molecular weight is 191 g/mol. The highest BCUT2D eigenvalue weighted by Gasteiger charge is 2.02. The van der Waals surface area contributed by atoms with E-state index in [-0.39, 0.29) is 11.7 Å². The van der Waals surface area contributed by atoms with Gasteiger partial charge < -0.3 is 10.4 Å². The molecule has 14 heavy (non-hydrogen) atoms. The van der Waals surface area contributed by atoms with Crippen LogP contribution in [0.1, 0.15) is 12.5 Å². The standard InChI is InChI=1S/C11H13NO2/c1-3-4-11(14)12-9-6-5-8(2)7-10(9)13/h3-7,13H,1-2H3,(H,12,14). The summed E-state index contributed by atoms with van der Waals surface area (Å²) in [6.45, 7) is 3.63. The predicted octanol–water partition coefficient (Wildman–Crippen LogP) is 2.22. The normalized spacial score (nSPS) is 10.4. The molecule has 0 saturated heterocycles. The topological polar surface area (TPSA) is 49.3 Å². The molecule has 0 aliphatic carbocycles. The summed E-state index contributed by atoms with van der Waals surface area (Å²) in [6, 6.07) is 5.10. The van der Waals surface area contributed by atoms with Gasteiger partial charge in [-0.25, -0.2) is 0 Å². The van der Waals surface area contributed by atoms with E-state index in [1.165, 1.54) is 6.08 Å². The number of hydrogen-bond donors (Lipinski definition) is 2. The molecule has 2 N–H and O–H groups in total. The molecule has 0 radical (unpaired) electrons. The highest BCUT2D eigenvalue weighted by Crippen LogP contribution is 2.23. The van der Waals surface area contributed by atoms with Crippen molar-refractivity contribution in [3.05, 3.63) is 35.9 Å². The second-order valence-electron chi connectivity index (χ2n) is 3.01. The van der Waals surface area contributed by atoms with Gasteiger partial charge in [0.2, 0.25) is 5.91 Å². The number of hydrogen-bond acceptors (Lipinski definition) is 2. The Morgan fingerprint density at radius 3 is 2.79 bits per heavy atom. The zero-order valence-corrected chi connectivity index (χ0v) is 8.24. The van der Waals surface area contributed by atoms with Gasteiger partial charge in [-0.05, 0) is 37.6 Å². The Labute approximate surface area is 83.1 Å². The number of aromatic hydroxyl groups is 1. The van der Waals surface area contributed by atoms with Crippen LogP contribution in [0.3, 0.4) is 0 Å². The SMILES string of the molecule is CC=CC(=O)Nc1ccc(C)cc1O. The third-order valence-electron chi connectivity index (χ3n) is 1.73. The fourth-order valence-corrected chi connectivity index (χ4v) is 1.07. The number of carbonyl (C=O) groups excluding carboxylic acids is 1. The minimum absolute atomic E-state index is 0.0860. The number of aryl methyl sites for hydroxylation is 1. The van der Waals surface area contributed by atoms with Crippen molar-refractivity contribution in [1.82, 2.24) is 0 Å². The van der Waals surface area contributed by atoms with Crippen LogP contribution < -0.4 is 5.32 Å². The molecule has 1 aromatic rings. The predicted molar refractivity (Wildman–Crippen MR) is 56.3 cm³/mol. The lowest BCUT2D eigenvalue weighted by atomic mass is 10.2. The van der Waals surface area contributed by atoms with Crippen molar-refractivity contribution in [2.75, 3.05) is 5.32 Å². The van der Waals surface area contributed by atoms with Gasteiger partial charge in [0, 0.05) is 0 Å². The van der Waals surface area contributed by atoms with Crippen molar-refractivity contribution in [2.45, 2.75) is 13.8 Å². The van der Waals surface area contributed by atoms with Crippen LogP contribution in [0, 0.1) is 6.92 Å². The first kappa shape index (κ1) is 10.3. The molecular formula is C11H13NO2. The van der Waals surface area contributed by atoms with Crippen LogP contribution in [-0.2, 0) is 4.79 Å². The molecule has 0 spiro atoms. The second-order valence-corrected chi connectivity index (χ2v) is 3.01. The molecular weight excluding hydrogens is 178 g/mol. The quantitative estimate of drug-likeness (QED) is 0.556. The van der Waals surface area contributed by atoms with E-state index >= 15 is 0 Å². The molecule has 0 aliphatic rings. The molecule has 1 aromatic carbocycles. The Bertz CT molecular complexity index is 370. The molecule has 1 rings (SSSR count). The molecule has 74 valence electrons. The zero-order chi connectivity index (χ0) is 10.6. The lowest BCUT2D eigenvalue weighted by molar-refractivity contribution is -0.111. The summed E-state index contributed by atoms with van der Waals surface area (Å²) >= 11 is 0. The van der Waals surface area contributed by atoms with E-state index in [0.29, 0.717) is 5.69 Å². The number of benzene rings is 1. The minimum Gasteiger partial charge on any atom is -0.506 e. The molecule has 0 fully saturated rings. The molecule has 1 amide bonds. The van der Waals surface area contributed by atoms with Crippen molar-refractivity contribution >= 4 is 11.6 Å². The lowest BCUT2D eigenvalue weighted by Crippen LogP contribution is -2.07. The van der Waals surface area contributed by atoms with Crippen LogP contribution in [0.4, 0.5) is 5.69 Å². The number of nitrogens with one attached hydrogen (secondary N) is 1. The van der Waals surface area contributed by atoms with Gasteiger partial charge in [0.15, 0.2) is 0 Å². The van der Waals surface area contributed by atoms with E-state index in [1.54, 1.807) is 25.1 Å². The monoisotopic (exact) mass is 191 g/mol. The maximum absolute atomic E-state index is 11.1. The number of amides is 1. The number of phenols is 1. The van der Waals surface area contributed by atoms with Gasteiger partial charge in [0.1, 0.15) is 5.75 Å². The first-order valence-corrected chi connectivity index (χ1v) is 4.37. The minimum atomic E-state index is -0.244. The van der Waals surface area contributed by atoms with Crippen LogP contribution in [0.25, 0.3) is 0 Å². The van der Waals surface area contributed by atoms with E-state index in [4.69, 9.17) is 0 Å². The van der Waals surface area contributed by atoms with Gasteiger partial charge in [-0.1, -0.05) is 12.1 Å². The largest absolute Gasteiger partial charge is 0.506 e. The third-order valence-corrected chi connectivity index (χ3v) is 1.73. The van der Waals surface area contributed by atoms with Crippen LogP contribution in [0.15, 0.2) is 30.4 Å². The first-order valence-electron chi connectivity index (χ1n) is 4.37. The van der Waals surface area contributed by atoms with Gasteiger partial charge in [-0.2, -0.15) is 0 Å². The molecule has 0 aromatic heterocycles. The van der Waals surface area contributed by atoms with Gasteiger partial charge in [0.25, 0.3) is 0 Å². The number of allylic oxidation sites excluding steroid dienone is 1. The Balaban J connectivity index is 2.82. The number of rotatable bonds is 2. The van der Waals surface area contributed by atoms with Crippen molar-refractivity contribution in [3.63, 3.8) is 0 Å². The summed E-state index contributed by atoms with van der Waals surface area (Å²) in [7, 11) is 0. The molecule has 0 atom stereocenters. The van der Waals surface area contributed by atoms with E-state index in [9.17, 15) is 9.90 Å². The Morgan fingerprint density at radius 1 is 1.50 bits per heavy atom. The van der Waals surface area contributed by atoms with Crippen molar-refractivity contribution in [1.29, 1.82) is 0 Å². The maximum Gasteiger partial charge on any atom is 0.248 e. The van der Waals surface area contributed by atoms with E-state index in [1.807, 2.05) is 13.0 Å². The molecule has 0 heterocycles. The van der Waals surface area contributed by atoms with Crippen LogP contribution in [0.5, 0.6) is 5.75 Å². The summed E-state index contributed by atoms with van der Waals surface area (Å²) in [4.78, 5) is 11.1. The number of anilines is 1. The van der Waals surface area contributed by atoms with Crippen LogP contribution in [-0.4, -0.2) is 11.0 Å². The smallest absolute Gasteiger partial charge is 0.248 e. The second kappa shape index (κ2) is 4.46. The lowest BCUT2D eigenvalue weighted by Gasteiger charge is -2.05. The van der Waals surface area contributed by atoms with Gasteiger partial charge in [-0.15, -0.1) is 0 Å². The highest BCUT2D eigenvalue weighted by atomic mass is 16.3. The molecule has 0 bridgehead atoms. The van der Waals surface area contributed by atoms with Crippen LogP contribution in [0.2, 0.25) is 0 Å². The first-order chi connectivity index (χ1) is 6.63. The van der Waals surface area contributed by atoms with E-state index in [0.717, 1.165) is 5.56 Å². The van der Waals surface area contributed by atoms with Gasteiger partial charge >= 0.3 is 0 Å². The fraction of sp³-hybridized carbons (Fsp3) is 0.182. The summed E-state index contributed by atoms with van der Waals surface area (Å²) in [5.41, 5.74) is 1.38. The molecule has 3 nitrogen and oxygen atoms in total. The van der Waals surface area contributed by atoms with E-state index in [2.05, 4.69) is 5.32 Å². The summed E-state index contributed by atoms with van der Waals surface area (Å²) in [5.74, 6) is -0.158. The Kier molecular flexibility index (Phi) is 3.29. The Morgan fingerprint density at radius 2 is 2.21 bits per heavy atom. The van der Waals surface area contributed by atoms with Crippen LogP contribution >= 0.6 is 0 Å². The number of phenolic OH excluding ortho intramolecular Hbond substituents is 1. The van der Waals surface area contributed by atoms with Crippen molar-refractivity contribution < 1.29 is 9.90 Å². The molecule has 3 heteroatoms. The molecule has 0 saturated carbocycles. The average Bonchev–Trinajstić information content (AvgIpc) is 2.10. The van der Waals surface area contributed by atoms with E-state index < -0.39 is 0 Å². The number of carbonyl (C=O) groups is 1. The van der Waals surface area contributed by atoms with Crippen molar-refractivity contribution in [2.24, 2.45) is 0 Å². The van der Waals surface area contributed by atoms with Gasteiger partial charge in [-0.3, -0.25) is 4.79 Å². The fourth-order valence-electron chi connectivity index (χ4n) is 1.07. The molecule has 0 aliphatic heterocycles. The highest BCUT2D eigenvalue weighted by molar-refractivity contribution is 6.00. The maximum atomic E-state index is 11.1. The summed E-state index contributed by atoms with van der Waals surface area (Å²) in [6.07, 6.45) is 3.04. The van der Waals surface area contributed by atoms with Crippen molar-refractivity contribution in [3.8, 4) is 5.75 Å². The molecule has 0 unspecified atom stereocenters. The zero-order valence-electron chi connectivity index (χ0n) is 8.24. The third kappa shape index (κ3) is 2.62. The summed E-state index contributed by atoms with van der Waals surface area (Å²) in [5, 5.41) is 12.0.